The molecule has 0 spiro atoms. The Bertz CT molecular complexity index is 617. The van der Waals surface area contributed by atoms with Crippen LogP contribution in [-0.4, -0.2) is 12.1 Å². The first-order valence-corrected chi connectivity index (χ1v) is 8.00. The summed E-state index contributed by atoms with van der Waals surface area (Å²) >= 11 is 5.04. The number of anilines is 1. The number of benzene rings is 1. The van der Waals surface area contributed by atoms with Crippen molar-refractivity contribution >= 4 is 32.4 Å². The topological polar surface area (TPSA) is 48.1 Å². The smallest absolute Gasteiger partial charge is 0.180 e. The van der Waals surface area contributed by atoms with E-state index in [0.717, 1.165) is 22.3 Å². The first-order valence-electron chi connectivity index (χ1n) is 6.39. The van der Waals surface area contributed by atoms with Crippen LogP contribution in [0.5, 0.6) is 5.75 Å². The molecule has 1 heterocycles. The molecule has 3 nitrogen and oxygen atoms in total. The average Bonchev–Trinajstić information content (AvgIpc) is 2.72. The zero-order valence-corrected chi connectivity index (χ0v) is 14.6. The largest absolute Gasteiger partial charge is 0.496 e. The minimum Gasteiger partial charge on any atom is -0.496 e. The molecule has 2 N–H and O–H groups in total. The normalized spacial score (nSPS) is 11.7. The molecule has 0 unspecified atom stereocenters. The molecular weight excluding hydrogens is 336 g/mol. The van der Waals surface area contributed by atoms with E-state index in [1.165, 1.54) is 10.4 Å². The van der Waals surface area contributed by atoms with Gasteiger partial charge < -0.3 is 10.5 Å². The monoisotopic (exact) mass is 354 g/mol. The fourth-order valence-corrected chi connectivity index (χ4v) is 3.56. The van der Waals surface area contributed by atoms with E-state index < -0.39 is 0 Å². The number of thiazole rings is 1. The molecule has 1 aromatic heterocycles. The lowest BCUT2D eigenvalue weighted by atomic mass is 9.90. The van der Waals surface area contributed by atoms with E-state index >= 15 is 0 Å². The summed E-state index contributed by atoms with van der Waals surface area (Å²) in [6, 6.07) is 6.15. The summed E-state index contributed by atoms with van der Waals surface area (Å²) < 4.78 is 6.30. The van der Waals surface area contributed by atoms with E-state index in [4.69, 9.17) is 10.5 Å². The number of halogens is 1. The summed E-state index contributed by atoms with van der Waals surface area (Å²) in [7, 11) is 1.68. The number of rotatable bonds is 3. The molecule has 5 heteroatoms. The van der Waals surface area contributed by atoms with Gasteiger partial charge in [-0.1, -0.05) is 26.8 Å². The highest BCUT2D eigenvalue weighted by Gasteiger charge is 2.22. The van der Waals surface area contributed by atoms with Crippen LogP contribution in [0.4, 0.5) is 5.13 Å². The number of methoxy groups -OCH3 is 1. The van der Waals surface area contributed by atoms with E-state index in [-0.39, 0.29) is 5.41 Å². The van der Waals surface area contributed by atoms with Crippen molar-refractivity contribution < 1.29 is 4.74 Å². The maximum absolute atomic E-state index is 5.89. The standard InChI is InChI=1S/C15H19BrN2OS/c1-15(2,3)13-12(20-14(17)18-13)8-9-5-6-10(16)11(7-9)19-4/h5-7H,8H2,1-4H3,(H2,17,18). The fraction of sp³-hybridized carbons (Fsp3) is 0.400. The summed E-state index contributed by atoms with van der Waals surface area (Å²) in [5.41, 5.74) is 8.17. The van der Waals surface area contributed by atoms with E-state index in [2.05, 4.69) is 47.8 Å². The Labute approximate surface area is 132 Å². The third-order valence-corrected chi connectivity index (χ3v) is 4.54. The molecule has 0 amide bonds. The summed E-state index contributed by atoms with van der Waals surface area (Å²) in [6.45, 7) is 6.48. The van der Waals surface area contributed by atoms with Gasteiger partial charge in [0.15, 0.2) is 5.13 Å². The molecular formula is C15H19BrN2OS. The Hall–Kier alpha value is -1.07. The molecule has 0 saturated carbocycles. The molecule has 0 aliphatic carbocycles. The van der Waals surface area contributed by atoms with Gasteiger partial charge in [-0.15, -0.1) is 11.3 Å². The number of nitrogen functional groups attached to an aromatic ring is 1. The van der Waals surface area contributed by atoms with Gasteiger partial charge in [0, 0.05) is 16.7 Å². The SMILES string of the molecule is COc1cc(Cc2sc(N)nc2C(C)(C)C)ccc1Br. The van der Waals surface area contributed by atoms with Crippen molar-refractivity contribution in [1.29, 1.82) is 0 Å². The summed E-state index contributed by atoms with van der Waals surface area (Å²) in [6.07, 6.45) is 0.825. The van der Waals surface area contributed by atoms with E-state index in [0.29, 0.717) is 5.13 Å². The Kier molecular flexibility index (Phi) is 4.39. The minimum atomic E-state index is 0.00288. The van der Waals surface area contributed by atoms with Crippen LogP contribution >= 0.6 is 27.3 Å². The molecule has 0 fully saturated rings. The van der Waals surface area contributed by atoms with Crippen molar-refractivity contribution in [3.63, 3.8) is 0 Å². The van der Waals surface area contributed by atoms with E-state index in [1.54, 1.807) is 18.4 Å². The van der Waals surface area contributed by atoms with Crippen molar-refractivity contribution in [2.45, 2.75) is 32.6 Å². The second-order valence-corrected chi connectivity index (χ2v) is 7.69. The van der Waals surface area contributed by atoms with Crippen LogP contribution in [0, 0.1) is 0 Å². The summed E-state index contributed by atoms with van der Waals surface area (Å²) in [4.78, 5) is 5.72. The molecule has 0 saturated heterocycles. The van der Waals surface area contributed by atoms with Gasteiger partial charge in [-0.05, 0) is 33.6 Å². The first-order chi connectivity index (χ1) is 9.31. The van der Waals surface area contributed by atoms with Crippen molar-refractivity contribution in [1.82, 2.24) is 4.98 Å². The van der Waals surface area contributed by atoms with Crippen LogP contribution in [0.25, 0.3) is 0 Å². The highest BCUT2D eigenvalue weighted by Crippen LogP contribution is 2.33. The van der Waals surface area contributed by atoms with Crippen molar-refractivity contribution in [2.24, 2.45) is 0 Å². The van der Waals surface area contributed by atoms with E-state index in [1.807, 2.05) is 12.1 Å². The summed E-state index contributed by atoms with van der Waals surface area (Å²) in [5, 5.41) is 0.633. The van der Waals surface area contributed by atoms with Gasteiger partial charge in [0.1, 0.15) is 5.75 Å². The Morgan fingerprint density at radius 2 is 2.05 bits per heavy atom. The van der Waals surface area contributed by atoms with Gasteiger partial charge in [-0.25, -0.2) is 4.98 Å². The molecule has 0 atom stereocenters. The third kappa shape index (κ3) is 3.33. The predicted molar refractivity (Wildman–Crippen MR) is 88.7 cm³/mol. The van der Waals surface area contributed by atoms with Crippen LogP contribution < -0.4 is 10.5 Å². The van der Waals surface area contributed by atoms with Crippen molar-refractivity contribution in [2.75, 3.05) is 12.8 Å². The van der Waals surface area contributed by atoms with Crippen LogP contribution in [-0.2, 0) is 11.8 Å². The third-order valence-electron chi connectivity index (χ3n) is 3.00. The van der Waals surface area contributed by atoms with Crippen LogP contribution in [0.1, 0.15) is 36.9 Å². The lowest BCUT2D eigenvalue weighted by Crippen LogP contribution is -2.14. The van der Waals surface area contributed by atoms with Gasteiger partial charge in [0.05, 0.1) is 17.3 Å². The van der Waals surface area contributed by atoms with Gasteiger partial charge in [-0.3, -0.25) is 0 Å². The Balaban J connectivity index is 2.35. The lowest BCUT2D eigenvalue weighted by Gasteiger charge is -2.17. The predicted octanol–water partition coefficient (Wildman–Crippen LogP) is 4.38. The molecule has 1 aromatic carbocycles. The molecule has 108 valence electrons. The fourth-order valence-electron chi connectivity index (χ4n) is 2.08. The van der Waals surface area contributed by atoms with Crippen molar-refractivity contribution in [3.05, 3.63) is 38.8 Å². The molecule has 2 rings (SSSR count). The first kappa shape index (κ1) is 15.3. The summed E-state index contributed by atoms with van der Waals surface area (Å²) in [5.74, 6) is 0.845. The van der Waals surface area contributed by atoms with Gasteiger partial charge >= 0.3 is 0 Å². The zero-order valence-electron chi connectivity index (χ0n) is 12.2. The lowest BCUT2D eigenvalue weighted by molar-refractivity contribution is 0.411. The molecule has 0 radical (unpaired) electrons. The number of hydrogen-bond donors (Lipinski definition) is 1. The molecule has 20 heavy (non-hydrogen) atoms. The minimum absolute atomic E-state index is 0.00288. The molecule has 0 aliphatic rings. The number of nitrogens with two attached hydrogens (primary N) is 1. The zero-order chi connectivity index (χ0) is 14.9. The number of nitrogens with zero attached hydrogens (tertiary/aromatic N) is 1. The van der Waals surface area contributed by atoms with Gasteiger partial charge in [-0.2, -0.15) is 0 Å². The second-order valence-electron chi connectivity index (χ2n) is 5.72. The average molecular weight is 355 g/mol. The maximum Gasteiger partial charge on any atom is 0.180 e. The number of aromatic nitrogens is 1. The highest BCUT2D eigenvalue weighted by molar-refractivity contribution is 9.10. The van der Waals surface area contributed by atoms with Gasteiger partial charge in [0.2, 0.25) is 0 Å². The van der Waals surface area contributed by atoms with E-state index in [9.17, 15) is 0 Å². The molecule has 0 aliphatic heterocycles. The molecule has 2 aromatic rings. The van der Waals surface area contributed by atoms with Crippen LogP contribution in [0.15, 0.2) is 22.7 Å². The number of ether oxygens (including phenoxy) is 1. The van der Waals surface area contributed by atoms with Crippen LogP contribution in [0.2, 0.25) is 0 Å². The maximum atomic E-state index is 5.89. The van der Waals surface area contributed by atoms with Crippen molar-refractivity contribution in [3.8, 4) is 5.75 Å². The van der Waals surface area contributed by atoms with Gasteiger partial charge in [0.25, 0.3) is 0 Å². The Morgan fingerprint density at radius 1 is 1.35 bits per heavy atom. The molecule has 0 bridgehead atoms. The number of hydrogen-bond acceptors (Lipinski definition) is 4. The highest BCUT2D eigenvalue weighted by atomic mass is 79.9. The second kappa shape index (κ2) is 5.74. The van der Waals surface area contributed by atoms with Crippen LogP contribution in [0.3, 0.4) is 0 Å². The quantitative estimate of drug-likeness (QED) is 0.889. The Morgan fingerprint density at radius 3 is 2.65 bits per heavy atom.